The molecule has 0 fully saturated rings. The van der Waals surface area contributed by atoms with Gasteiger partial charge >= 0.3 is 0 Å². The van der Waals surface area contributed by atoms with Gasteiger partial charge in [-0.3, -0.25) is 9.59 Å². The Bertz CT molecular complexity index is 1420. The number of ketones is 2. The second kappa shape index (κ2) is 10.4. The van der Waals surface area contributed by atoms with Crippen LogP contribution in [-0.4, -0.2) is 45.2 Å². The van der Waals surface area contributed by atoms with Crippen LogP contribution in [0.2, 0.25) is 0 Å². The van der Waals surface area contributed by atoms with Gasteiger partial charge in [0.2, 0.25) is 5.78 Å². The van der Waals surface area contributed by atoms with E-state index >= 15 is 0 Å². The highest BCUT2D eigenvalue weighted by atomic mass is 16.3. The van der Waals surface area contributed by atoms with E-state index in [0.29, 0.717) is 35.6 Å². The Labute approximate surface area is 218 Å². The van der Waals surface area contributed by atoms with Gasteiger partial charge in [0.05, 0.1) is 33.6 Å². The largest absolute Gasteiger partial charge is 0.507 e. The fourth-order valence-corrected chi connectivity index (χ4v) is 4.65. The molecule has 0 aliphatic heterocycles. The van der Waals surface area contributed by atoms with E-state index in [4.69, 9.17) is 10.2 Å². The van der Waals surface area contributed by atoms with Crippen molar-refractivity contribution in [3.63, 3.8) is 0 Å². The highest BCUT2D eigenvalue weighted by Gasteiger charge is 2.38. The quantitative estimate of drug-likeness (QED) is 0.169. The Morgan fingerprint density at radius 1 is 0.500 bits per heavy atom. The fourth-order valence-electron chi connectivity index (χ4n) is 4.65. The van der Waals surface area contributed by atoms with E-state index in [2.05, 4.69) is 10.6 Å². The number of aromatic hydroxyl groups is 2. The molecule has 4 aromatic rings. The maximum Gasteiger partial charge on any atom is 0.202 e. The minimum atomic E-state index is -0.659. The van der Waals surface area contributed by atoms with Gasteiger partial charge < -0.3 is 31.1 Å². The average molecular weight is 511 g/mol. The molecule has 38 heavy (non-hydrogen) atoms. The fraction of sp³-hybridized carbons (Fsp3) is 0.133. The van der Waals surface area contributed by atoms with Crippen LogP contribution in [0.4, 0.5) is 22.7 Å². The smallest absolute Gasteiger partial charge is 0.202 e. The van der Waals surface area contributed by atoms with Crippen LogP contribution in [0.15, 0.2) is 72.8 Å². The molecule has 0 amide bonds. The lowest BCUT2D eigenvalue weighted by atomic mass is 9.81. The van der Waals surface area contributed by atoms with E-state index in [1.54, 1.807) is 24.3 Å². The van der Waals surface area contributed by atoms with Gasteiger partial charge in [-0.15, -0.1) is 0 Å². The lowest BCUT2D eigenvalue weighted by Gasteiger charge is -2.24. The molecule has 1 aliphatic rings. The van der Waals surface area contributed by atoms with Crippen molar-refractivity contribution in [1.29, 1.82) is 0 Å². The van der Waals surface area contributed by atoms with Crippen molar-refractivity contribution in [2.75, 3.05) is 23.8 Å². The molecule has 0 radical (unpaired) electrons. The van der Waals surface area contributed by atoms with Crippen molar-refractivity contribution in [1.82, 2.24) is 0 Å². The van der Waals surface area contributed by atoms with Crippen LogP contribution in [0.25, 0.3) is 0 Å². The molecule has 4 aromatic carbocycles. The number of hydrogen-bond donors (Lipinski definition) is 6. The first-order valence-corrected chi connectivity index (χ1v) is 12.2. The number of phenolic OH excluding ortho intramolecular Hbond substituents is 2. The van der Waals surface area contributed by atoms with Gasteiger partial charge in [0.25, 0.3) is 0 Å². The number of anilines is 4. The van der Waals surface area contributed by atoms with Gasteiger partial charge in [-0.05, 0) is 72.5 Å². The molecule has 5 rings (SSSR count). The second-order valence-corrected chi connectivity index (χ2v) is 9.01. The number of aliphatic hydroxyl groups is 2. The van der Waals surface area contributed by atoms with Gasteiger partial charge in [-0.25, -0.2) is 0 Å². The van der Waals surface area contributed by atoms with Crippen LogP contribution >= 0.6 is 0 Å². The average Bonchev–Trinajstić information content (AvgIpc) is 2.91. The van der Waals surface area contributed by atoms with E-state index in [-0.39, 0.29) is 47.0 Å². The van der Waals surface area contributed by atoms with Crippen LogP contribution in [0.3, 0.4) is 0 Å². The lowest BCUT2D eigenvalue weighted by Crippen LogP contribution is -2.23. The predicted molar refractivity (Wildman–Crippen MR) is 144 cm³/mol. The second-order valence-electron chi connectivity index (χ2n) is 9.01. The van der Waals surface area contributed by atoms with Crippen molar-refractivity contribution in [2.24, 2.45) is 0 Å². The first-order valence-electron chi connectivity index (χ1n) is 12.2. The van der Waals surface area contributed by atoms with E-state index in [0.717, 1.165) is 11.1 Å². The van der Waals surface area contributed by atoms with E-state index in [9.17, 15) is 19.8 Å². The van der Waals surface area contributed by atoms with Gasteiger partial charge in [0.1, 0.15) is 11.5 Å². The zero-order chi connectivity index (χ0) is 26.8. The van der Waals surface area contributed by atoms with Gasteiger partial charge in [-0.2, -0.15) is 0 Å². The van der Waals surface area contributed by atoms with Crippen molar-refractivity contribution >= 4 is 34.3 Å². The standard InChI is InChI=1S/C30H26N2O6/c33-15-13-17-1-5-19(6-2-17)31-21-9-11-23(35)27-25(21)29(37)26-22(10-12-24(36)28(26)30(27)38)32-20-7-3-18(4-8-20)14-16-34/h1-12,31-36H,13-16H2. The first kappa shape index (κ1) is 25.0. The highest BCUT2D eigenvalue weighted by Crippen LogP contribution is 2.43. The maximum atomic E-state index is 13.9. The van der Waals surface area contributed by atoms with Crippen molar-refractivity contribution < 1.29 is 30.0 Å². The molecule has 0 saturated carbocycles. The number of phenols is 2. The molecule has 0 saturated heterocycles. The van der Waals surface area contributed by atoms with Crippen LogP contribution in [-0.2, 0) is 12.8 Å². The Morgan fingerprint density at radius 2 is 0.868 bits per heavy atom. The summed E-state index contributed by atoms with van der Waals surface area (Å²) in [5.74, 6) is -1.90. The third-order valence-corrected chi connectivity index (χ3v) is 6.54. The number of fused-ring (bicyclic) bond motifs is 2. The molecular formula is C30H26N2O6. The molecule has 0 atom stereocenters. The molecule has 8 heteroatoms. The molecule has 0 unspecified atom stereocenters. The summed E-state index contributed by atoms with van der Waals surface area (Å²) in [6, 6.07) is 20.3. The molecule has 0 spiro atoms. The summed E-state index contributed by atoms with van der Waals surface area (Å²) in [6.07, 6.45) is 1.03. The van der Waals surface area contributed by atoms with E-state index in [1.807, 2.05) is 24.3 Å². The molecule has 0 heterocycles. The Kier molecular flexibility index (Phi) is 6.83. The van der Waals surface area contributed by atoms with Gasteiger partial charge in [0.15, 0.2) is 5.78 Å². The molecular weight excluding hydrogens is 484 g/mol. The van der Waals surface area contributed by atoms with E-state index < -0.39 is 11.6 Å². The summed E-state index contributed by atoms with van der Waals surface area (Å²) in [4.78, 5) is 27.5. The SMILES string of the molecule is O=C1c2c(O)ccc(Nc3ccc(CCO)cc3)c2C(=O)c2c(Nc3ccc(CCO)cc3)ccc(O)c21. The zero-order valence-electron chi connectivity index (χ0n) is 20.4. The monoisotopic (exact) mass is 510 g/mol. The van der Waals surface area contributed by atoms with Gasteiger partial charge in [-0.1, -0.05) is 24.3 Å². The number of carbonyl (C=O) groups excluding carboxylic acids is 2. The number of hydrogen-bond acceptors (Lipinski definition) is 8. The van der Waals surface area contributed by atoms with Crippen LogP contribution in [0, 0.1) is 0 Å². The molecule has 1 aliphatic carbocycles. The molecule has 6 N–H and O–H groups in total. The Morgan fingerprint density at radius 3 is 1.24 bits per heavy atom. The zero-order valence-corrected chi connectivity index (χ0v) is 20.4. The first-order chi connectivity index (χ1) is 18.4. The lowest BCUT2D eigenvalue weighted by molar-refractivity contribution is 0.0975. The molecule has 0 bridgehead atoms. The Hall–Kier alpha value is -4.66. The minimum Gasteiger partial charge on any atom is -0.507 e. The topological polar surface area (TPSA) is 139 Å². The third-order valence-electron chi connectivity index (χ3n) is 6.54. The van der Waals surface area contributed by atoms with Crippen LogP contribution in [0.1, 0.15) is 43.0 Å². The number of nitrogens with one attached hydrogen (secondary N) is 2. The summed E-state index contributed by atoms with van der Waals surface area (Å²) >= 11 is 0. The van der Waals surface area contributed by atoms with Crippen LogP contribution in [0.5, 0.6) is 11.5 Å². The summed E-state index contributed by atoms with van der Waals surface area (Å²) in [5, 5.41) is 45.8. The molecule has 192 valence electrons. The van der Waals surface area contributed by atoms with Crippen molar-refractivity contribution in [3.8, 4) is 11.5 Å². The van der Waals surface area contributed by atoms with Crippen molar-refractivity contribution in [3.05, 3.63) is 106 Å². The maximum absolute atomic E-state index is 13.9. The summed E-state index contributed by atoms with van der Waals surface area (Å²) < 4.78 is 0. The number of aliphatic hydroxyl groups excluding tert-OH is 2. The van der Waals surface area contributed by atoms with Crippen molar-refractivity contribution in [2.45, 2.75) is 12.8 Å². The van der Waals surface area contributed by atoms with Gasteiger partial charge in [0, 0.05) is 24.6 Å². The minimum absolute atomic E-state index is 0.00822. The number of rotatable bonds is 8. The summed E-state index contributed by atoms with van der Waals surface area (Å²) in [5.41, 5.74) is 3.53. The molecule has 8 nitrogen and oxygen atoms in total. The molecule has 0 aromatic heterocycles. The van der Waals surface area contributed by atoms with Crippen LogP contribution < -0.4 is 10.6 Å². The third kappa shape index (κ3) is 4.58. The number of benzene rings is 4. The Balaban J connectivity index is 1.56. The summed E-state index contributed by atoms with van der Waals surface area (Å²) in [7, 11) is 0. The highest BCUT2D eigenvalue weighted by molar-refractivity contribution is 6.33. The predicted octanol–water partition coefficient (Wildman–Crippen LogP) is 4.43. The summed E-state index contributed by atoms with van der Waals surface area (Å²) in [6.45, 7) is 0.0641. The van der Waals surface area contributed by atoms with E-state index in [1.165, 1.54) is 24.3 Å². The normalized spacial score (nSPS) is 12.2. The number of carbonyl (C=O) groups is 2.